The lowest BCUT2D eigenvalue weighted by atomic mass is 9.91. The number of hydrogen-bond donors (Lipinski definition) is 2. The number of halogens is 2. The molecule has 1 aliphatic rings. The van der Waals surface area contributed by atoms with Crippen molar-refractivity contribution >= 4 is 28.7 Å². The van der Waals surface area contributed by atoms with Crippen molar-refractivity contribution in [3.8, 4) is 0 Å². The maximum absolute atomic E-state index is 14.2. The Labute approximate surface area is 112 Å². The predicted octanol–water partition coefficient (Wildman–Crippen LogP) is 3.13. The molecule has 0 spiro atoms. The van der Waals surface area contributed by atoms with E-state index in [1.165, 1.54) is 6.07 Å². The van der Waals surface area contributed by atoms with Crippen LogP contribution in [0.2, 0.25) is 5.02 Å². The Hall–Kier alpha value is -1.16. The Bertz CT molecular complexity index is 454. The van der Waals surface area contributed by atoms with Crippen molar-refractivity contribution in [3.05, 3.63) is 16.9 Å². The summed E-state index contributed by atoms with van der Waals surface area (Å²) >= 11 is 5.86. The number of nitrogens with two attached hydrogens (primary N) is 2. The zero-order chi connectivity index (χ0) is 13.4. The lowest BCUT2D eigenvalue weighted by Gasteiger charge is -2.37. The van der Waals surface area contributed by atoms with Crippen LogP contribution < -0.4 is 16.4 Å². The summed E-state index contributed by atoms with van der Waals surface area (Å²) in [5.41, 5.74) is 12.4. The zero-order valence-electron chi connectivity index (χ0n) is 10.7. The lowest BCUT2D eigenvalue weighted by Crippen LogP contribution is -2.39. The van der Waals surface area contributed by atoms with Gasteiger partial charge in [-0.2, -0.15) is 0 Å². The van der Waals surface area contributed by atoms with E-state index in [2.05, 4.69) is 13.8 Å². The smallest absolute Gasteiger partial charge is 0.169 e. The van der Waals surface area contributed by atoms with Crippen molar-refractivity contribution in [2.24, 2.45) is 11.8 Å². The summed E-state index contributed by atoms with van der Waals surface area (Å²) in [6.45, 7) is 5.92. The van der Waals surface area contributed by atoms with Gasteiger partial charge in [0.1, 0.15) is 5.02 Å². The van der Waals surface area contributed by atoms with Crippen molar-refractivity contribution in [3.63, 3.8) is 0 Å². The molecule has 0 radical (unpaired) electrons. The number of anilines is 3. The van der Waals surface area contributed by atoms with E-state index in [1.54, 1.807) is 0 Å². The Morgan fingerprint density at radius 3 is 2.33 bits per heavy atom. The van der Waals surface area contributed by atoms with Gasteiger partial charge < -0.3 is 16.4 Å². The van der Waals surface area contributed by atoms with Gasteiger partial charge in [0.05, 0.1) is 17.1 Å². The molecule has 18 heavy (non-hydrogen) atoms. The minimum absolute atomic E-state index is 0.0370. The molecular formula is C13H19ClFN3. The fourth-order valence-corrected chi connectivity index (χ4v) is 2.97. The monoisotopic (exact) mass is 271 g/mol. The molecule has 1 aliphatic heterocycles. The number of benzene rings is 1. The maximum Gasteiger partial charge on any atom is 0.169 e. The molecule has 0 amide bonds. The summed E-state index contributed by atoms with van der Waals surface area (Å²) < 4.78 is 14.2. The molecular weight excluding hydrogens is 253 g/mol. The molecule has 2 atom stereocenters. The summed E-state index contributed by atoms with van der Waals surface area (Å²) in [4.78, 5) is 1.98. The van der Waals surface area contributed by atoms with Gasteiger partial charge in [-0.25, -0.2) is 4.39 Å². The minimum Gasteiger partial charge on any atom is -0.397 e. The first kappa shape index (κ1) is 13.3. The molecule has 2 rings (SSSR count). The quantitative estimate of drug-likeness (QED) is 0.772. The summed E-state index contributed by atoms with van der Waals surface area (Å²) in [6.07, 6.45) is 1.15. The lowest BCUT2D eigenvalue weighted by molar-refractivity contribution is 0.355. The van der Waals surface area contributed by atoms with E-state index in [9.17, 15) is 4.39 Å². The van der Waals surface area contributed by atoms with Crippen LogP contribution in [0.3, 0.4) is 0 Å². The highest BCUT2D eigenvalue weighted by Crippen LogP contribution is 2.38. The molecule has 3 nitrogen and oxygen atoms in total. The van der Waals surface area contributed by atoms with Gasteiger partial charge >= 0.3 is 0 Å². The molecule has 2 unspecified atom stereocenters. The summed E-state index contributed by atoms with van der Waals surface area (Å²) in [5.74, 6) is 0.531. The number of rotatable bonds is 1. The van der Waals surface area contributed by atoms with E-state index >= 15 is 0 Å². The number of nitrogens with zero attached hydrogens (tertiary/aromatic N) is 1. The largest absolute Gasteiger partial charge is 0.397 e. The van der Waals surface area contributed by atoms with E-state index in [0.717, 1.165) is 19.5 Å². The van der Waals surface area contributed by atoms with Crippen LogP contribution in [-0.4, -0.2) is 13.1 Å². The first-order valence-electron chi connectivity index (χ1n) is 6.18. The van der Waals surface area contributed by atoms with Gasteiger partial charge in [0.2, 0.25) is 0 Å². The van der Waals surface area contributed by atoms with E-state index in [0.29, 0.717) is 23.2 Å². The molecule has 1 heterocycles. The average molecular weight is 272 g/mol. The topological polar surface area (TPSA) is 55.3 Å². The number of nitrogen functional groups attached to an aromatic ring is 2. The summed E-state index contributed by atoms with van der Waals surface area (Å²) in [5, 5.41) is -0.0370. The van der Waals surface area contributed by atoms with Crippen LogP contribution >= 0.6 is 11.6 Å². The normalized spacial score (nSPS) is 24.3. The third-order valence-corrected chi connectivity index (χ3v) is 3.81. The van der Waals surface area contributed by atoms with Gasteiger partial charge in [-0.05, 0) is 24.3 Å². The van der Waals surface area contributed by atoms with E-state index in [1.807, 2.05) is 4.90 Å². The van der Waals surface area contributed by atoms with Crippen molar-refractivity contribution in [2.75, 3.05) is 29.5 Å². The third-order valence-electron chi connectivity index (χ3n) is 3.42. The van der Waals surface area contributed by atoms with Gasteiger partial charge in [0, 0.05) is 13.1 Å². The van der Waals surface area contributed by atoms with Crippen LogP contribution in [0.1, 0.15) is 20.3 Å². The zero-order valence-corrected chi connectivity index (χ0v) is 11.5. The summed E-state index contributed by atoms with van der Waals surface area (Å²) in [7, 11) is 0. The fraction of sp³-hybridized carbons (Fsp3) is 0.538. The highest BCUT2D eigenvalue weighted by atomic mass is 35.5. The van der Waals surface area contributed by atoms with Gasteiger partial charge in [0.25, 0.3) is 0 Å². The molecule has 4 N–H and O–H groups in total. The molecule has 0 bridgehead atoms. The van der Waals surface area contributed by atoms with Crippen LogP contribution in [0.25, 0.3) is 0 Å². The van der Waals surface area contributed by atoms with Gasteiger partial charge in [-0.3, -0.25) is 0 Å². The highest BCUT2D eigenvalue weighted by molar-refractivity contribution is 6.33. The molecule has 0 aliphatic carbocycles. The van der Waals surface area contributed by atoms with E-state index in [-0.39, 0.29) is 10.7 Å². The predicted molar refractivity (Wildman–Crippen MR) is 75.4 cm³/mol. The van der Waals surface area contributed by atoms with Crippen molar-refractivity contribution in [2.45, 2.75) is 20.3 Å². The van der Waals surface area contributed by atoms with Crippen LogP contribution in [0.5, 0.6) is 0 Å². The molecule has 1 fully saturated rings. The van der Waals surface area contributed by atoms with Gasteiger partial charge in [0.15, 0.2) is 5.82 Å². The van der Waals surface area contributed by atoms with Crippen molar-refractivity contribution in [1.82, 2.24) is 0 Å². The Morgan fingerprint density at radius 2 is 1.78 bits per heavy atom. The average Bonchev–Trinajstić information content (AvgIpc) is 2.24. The van der Waals surface area contributed by atoms with Crippen molar-refractivity contribution < 1.29 is 4.39 Å². The Kier molecular flexibility index (Phi) is 3.57. The second-order valence-corrected chi connectivity index (χ2v) is 5.76. The first-order chi connectivity index (χ1) is 8.40. The third kappa shape index (κ3) is 2.34. The van der Waals surface area contributed by atoms with Crippen molar-refractivity contribution in [1.29, 1.82) is 0 Å². The minimum atomic E-state index is -0.504. The molecule has 0 aromatic heterocycles. The molecule has 1 aromatic rings. The Balaban J connectivity index is 2.41. The highest BCUT2D eigenvalue weighted by Gasteiger charge is 2.26. The molecule has 100 valence electrons. The molecule has 1 aromatic carbocycles. The van der Waals surface area contributed by atoms with Crippen LogP contribution in [0, 0.1) is 17.7 Å². The van der Waals surface area contributed by atoms with Crippen LogP contribution in [0.4, 0.5) is 21.5 Å². The van der Waals surface area contributed by atoms with E-state index < -0.39 is 5.82 Å². The molecule has 0 saturated carbocycles. The standard InChI is InChI=1S/C13H19ClFN3/c1-7-3-8(2)6-18(5-7)13-10(17)4-9(16)11(14)12(13)15/h4,7-8H,3,5-6,16-17H2,1-2H3. The molecule has 5 heteroatoms. The second kappa shape index (κ2) is 4.84. The molecule has 1 saturated heterocycles. The summed E-state index contributed by atoms with van der Waals surface area (Å²) in [6, 6.07) is 1.53. The number of piperidine rings is 1. The fourth-order valence-electron chi connectivity index (χ4n) is 2.82. The van der Waals surface area contributed by atoms with Crippen LogP contribution in [-0.2, 0) is 0 Å². The second-order valence-electron chi connectivity index (χ2n) is 5.38. The SMILES string of the molecule is CC1CC(C)CN(c2c(N)cc(N)c(Cl)c2F)C1. The first-order valence-corrected chi connectivity index (χ1v) is 6.55. The van der Waals surface area contributed by atoms with Gasteiger partial charge in [-0.15, -0.1) is 0 Å². The van der Waals surface area contributed by atoms with Crippen LogP contribution in [0.15, 0.2) is 6.07 Å². The maximum atomic E-state index is 14.2. The van der Waals surface area contributed by atoms with Gasteiger partial charge in [-0.1, -0.05) is 25.4 Å². The Morgan fingerprint density at radius 1 is 1.22 bits per heavy atom. The number of hydrogen-bond acceptors (Lipinski definition) is 3. The van der Waals surface area contributed by atoms with E-state index in [4.69, 9.17) is 23.1 Å².